The van der Waals surface area contributed by atoms with E-state index < -0.39 is 12.0 Å². The smallest absolute Gasteiger partial charge is 0.320 e. The van der Waals surface area contributed by atoms with Crippen LogP contribution in [0.15, 0.2) is 18.2 Å². The molecule has 22 heavy (non-hydrogen) atoms. The number of aliphatic carboxylic acids is 1. The molecule has 0 saturated carbocycles. The molecule has 1 amide bonds. The molecule has 120 valence electrons. The van der Waals surface area contributed by atoms with Gasteiger partial charge in [0, 0.05) is 11.6 Å². The molecule has 0 bridgehead atoms. The van der Waals surface area contributed by atoms with E-state index in [0.29, 0.717) is 41.7 Å². The Bertz CT molecular complexity index is 572. The molecular formula is C15H18Cl2N2O3. The van der Waals surface area contributed by atoms with Crippen LogP contribution in [-0.4, -0.2) is 41.0 Å². The van der Waals surface area contributed by atoms with Gasteiger partial charge in [-0.3, -0.25) is 14.5 Å². The third-order valence-electron chi connectivity index (χ3n) is 3.99. The van der Waals surface area contributed by atoms with E-state index in [2.05, 4.69) is 5.32 Å². The number of hydrogen-bond acceptors (Lipinski definition) is 3. The molecule has 1 aromatic carbocycles. The van der Waals surface area contributed by atoms with E-state index in [-0.39, 0.29) is 11.8 Å². The van der Waals surface area contributed by atoms with Crippen molar-refractivity contribution in [3.05, 3.63) is 28.2 Å². The number of carbonyl (C=O) groups is 2. The highest BCUT2D eigenvalue weighted by Crippen LogP contribution is 2.26. The van der Waals surface area contributed by atoms with E-state index >= 15 is 0 Å². The highest BCUT2D eigenvalue weighted by atomic mass is 35.5. The number of nitrogens with zero attached hydrogens (tertiary/aromatic N) is 1. The van der Waals surface area contributed by atoms with Crippen LogP contribution in [0.3, 0.4) is 0 Å². The van der Waals surface area contributed by atoms with Crippen molar-refractivity contribution in [3.63, 3.8) is 0 Å². The maximum Gasteiger partial charge on any atom is 0.320 e. The van der Waals surface area contributed by atoms with Gasteiger partial charge in [-0.05, 0) is 51.1 Å². The zero-order valence-corrected chi connectivity index (χ0v) is 13.7. The van der Waals surface area contributed by atoms with Crippen LogP contribution in [0.25, 0.3) is 0 Å². The third kappa shape index (κ3) is 4.12. The van der Waals surface area contributed by atoms with Crippen LogP contribution in [0.1, 0.15) is 19.8 Å². The van der Waals surface area contributed by atoms with Gasteiger partial charge in [-0.2, -0.15) is 0 Å². The first-order valence-electron chi connectivity index (χ1n) is 7.11. The van der Waals surface area contributed by atoms with E-state index in [1.807, 2.05) is 4.90 Å². The van der Waals surface area contributed by atoms with Crippen molar-refractivity contribution in [1.29, 1.82) is 0 Å². The molecule has 0 aromatic heterocycles. The molecule has 2 N–H and O–H groups in total. The number of rotatable bonds is 4. The number of carboxylic acids is 1. The van der Waals surface area contributed by atoms with Crippen LogP contribution < -0.4 is 5.32 Å². The summed E-state index contributed by atoms with van der Waals surface area (Å²) in [5.74, 6) is -1.02. The normalized spacial score (nSPS) is 18.0. The quantitative estimate of drug-likeness (QED) is 0.880. The minimum Gasteiger partial charge on any atom is -0.480 e. The molecule has 2 rings (SSSR count). The van der Waals surface area contributed by atoms with Crippen LogP contribution in [0, 0.1) is 5.92 Å². The zero-order chi connectivity index (χ0) is 16.3. The Kier molecular flexibility index (Phi) is 5.67. The molecule has 1 aliphatic heterocycles. The van der Waals surface area contributed by atoms with Gasteiger partial charge >= 0.3 is 5.97 Å². The van der Waals surface area contributed by atoms with Gasteiger partial charge in [0.05, 0.1) is 10.0 Å². The number of hydrogen-bond donors (Lipinski definition) is 2. The summed E-state index contributed by atoms with van der Waals surface area (Å²) in [6, 6.07) is 4.44. The van der Waals surface area contributed by atoms with Crippen LogP contribution >= 0.6 is 23.2 Å². The standard InChI is InChI=1S/C15H18Cl2N2O3/c1-9(15(21)22)19-6-4-10(5-7-19)14(20)18-11-2-3-12(16)13(17)8-11/h2-3,8-10H,4-7H2,1H3,(H,18,20)(H,21,22). The Morgan fingerprint density at radius 2 is 1.91 bits per heavy atom. The minimum absolute atomic E-state index is 0.0685. The molecular weight excluding hydrogens is 327 g/mol. The number of benzene rings is 1. The van der Waals surface area contributed by atoms with Crippen molar-refractivity contribution in [2.75, 3.05) is 18.4 Å². The van der Waals surface area contributed by atoms with Crippen molar-refractivity contribution < 1.29 is 14.7 Å². The Balaban J connectivity index is 1.89. The van der Waals surface area contributed by atoms with Gasteiger partial charge in [0.1, 0.15) is 6.04 Å². The highest BCUT2D eigenvalue weighted by Gasteiger charge is 2.29. The monoisotopic (exact) mass is 344 g/mol. The molecule has 1 heterocycles. The number of amides is 1. The first-order chi connectivity index (χ1) is 10.4. The Morgan fingerprint density at radius 3 is 2.45 bits per heavy atom. The average molecular weight is 345 g/mol. The van der Waals surface area contributed by atoms with Gasteiger partial charge in [-0.1, -0.05) is 23.2 Å². The Hall–Kier alpha value is -1.30. The largest absolute Gasteiger partial charge is 0.480 e. The second-order valence-corrected chi connectivity index (χ2v) is 6.26. The van der Waals surface area contributed by atoms with Crippen molar-refractivity contribution in [3.8, 4) is 0 Å². The van der Waals surface area contributed by atoms with E-state index in [4.69, 9.17) is 28.3 Å². The van der Waals surface area contributed by atoms with E-state index in [9.17, 15) is 9.59 Å². The van der Waals surface area contributed by atoms with Gasteiger partial charge in [0.25, 0.3) is 0 Å². The highest BCUT2D eigenvalue weighted by molar-refractivity contribution is 6.42. The molecule has 1 aromatic rings. The molecule has 1 saturated heterocycles. The minimum atomic E-state index is -0.835. The molecule has 1 atom stereocenters. The van der Waals surface area contributed by atoms with Gasteiger partial charge < -0.3 is 10.4 Å². The van der Waals surface area contributed by atoms with Gasteiger partial charge in [0.15, 0.2) is 0 Å². The summed E-state index contributed by atoms with van der Waals surface area (Å²) in [6.45, 7) is 2.87. The van der Waals surface area contributed by atoms with Crippen LogP contribution in [0.4, 0.5) is 5.69 Å². The van der Waals surface area contributed by atoms with E-state index in [0.717, 1.165) is 0 Å². The predicted octanol–water partition coefficient (Wildman–Crippen LogP) is 3.12. The number of likely N-dealkylation sites (tertiary alicyclic amines) is 1. The summed E-state index contributed by atoms with van der Waals surface area (Å²) >= 11 is 11.8. The molecule has 7 heteroatoms. The summed E-state index contributed by atoms with van der Waals surface area (Å²) in [5, 5.41) is 12.7. The van der Waals surface area contributed by atoms with E-state index in [1.165, 1.54) is 0 Å². The van der Waals surface area contributed by atoms with Crippen molar-refractivity contribution >= 4 is 40.8 Å². The second-order valence-electron chi connectivity index (χ2n) is 5.44. The first kappa shape index (κ1) is 17.1. The number of anilines is 1. The molecule has 1 aliphatic rings. The zero-order valence-electron chi connectivity index (χ0n) is 12.2. The van der Waals surface area contributed by atoms with Crippen molar-refractivity contribution in [2.45, 2.75) is 25.8 Å². The van der Waals surface area contributed by atoms with Crippen LogP contribution in [0.2, 0.25) is 10.0 Å². The fraction of sp³-hybridized carbons (Fsp3) is 0.467. The fourth-order valence-electron chi connectivity index (χ4n) is 2.52. The molecule has 0 spiro atoms. The van der Waals surface area contributed by atoms with Gasteiger partial charge in [-0.15, -0.1) is 0 Å². The van der Waals surface area contributed by atoms with Crippen LogP contribution in [0.5, 0.6) is 0 Å². The topological polar surface area (TPSA) is 69.6 Å². The number of halogens is 2. The van der Waals surface area contributed by atoms with Crippen LogP contribution in [-0.2, 0) is 9.59 Å². The lowest BCUT2D eigenvalue weighted by atomic mass is 9.95. The van der Waals surface area contributed by atoms with E-state index in [1.54, 1.807) is 25.1 Å². The summed E-state index contributed by atoms with van der Waals surface area (Å²) in [6.07, 6.45) is 1.29. The molecule has 1 unspecified atom stereocenters. The van der Waals surface area contributed by atoms with Crippen molar-refractivity contribution in [2.24, 2.45) is 5.92 Å². The summed E-state index contributed by atoms with van der Waals surface area (Å²) in [7, 11) is 0. The SMILES string of the molecule is CC(C(=O)O)N1CCC(C(=O)Nc2ccc(Cl)c(Cl)c2)CC1. The maximum atomic E-state index is 12.3. The summed E-state index contributed by atoms with van der Waals surface area (Å²) in [4.78, 5) is 25.1. The predicted molar refractivity (Wildman–Crippen MR) is 86.5 cm³/mol. The Labute approximate surface area is 139 Å². The molecule has 1 fully saturated rings. The van der Waals surface area contributed by atoms with Gasteiger partial charge in [-0.25, -0.2) is 0 Å². The number of carboxylic acid groups (broad SMARTS) is 1. The summed E-state index contributed by atoms with van der Waals surface area (Å²) < 4.78 is 0. The lowest BCUT2D eigenvalue weighted by molar-refractivity contribution is -0.143. The third-order valence-corrected chi connectivity index (χ3v) is 4.73. The molecule has 5 nitrogen and oxygen atoms in total. The number of piperidine rings is 1. The lowest BCUT2D eigenvalue weighted by Gasteiger charge is -2.33. The second kappa shape index (κ2) is 7.31. The maximum absolute atomic E-state index is 12.3. The Morgan fingerprint density at radius 1 is 1.27 bits per heavy atom. The molecule has 0 aliphatic carbocycles. The average Bonchev–Trinajstić information content (AvgIpc) is 2.50. The van der Waals surface area contributed by atoms with Crippen molar-refractivity contribution in [1.82, 2.24) is 4.90 Å². The number of nitrogens with one attached hydrogen (secondary N) is 1. The fourth-order valence-corrected chi connectivity index (χ4v) is 2.82. The number of carbonyl (C=O) groups excluding carboxylic acids is 1. The van der Waals surface area contributed by atoms with Gasteiger partial charge in [0.2, 0.25) is 5.91 Å². The molecule has 0 radical (unpaired) electrons. The first-order valence-corrected chi connectivity index (χ1v) is 7.87. The lowest BCUT2D eigenvalue weighted by Crippen LogP contribution is -2.45. The summed E-state index contributed by atoms with van der Waals surface area (Å²) in [5.41, 5.74) is 0.612.